The second-order valence-electron chi connectivity index (χ2n) is 7.64. The zero-order valence-electron chi connectivity index (χ0n) is 19.2. The molecule has 10 nitrogen and oxygen atoms in total. The fourth-order valence-corrected chi connectivity index (χ4v) is 3.88. The van der Waals surface area contributed by atoms with E-state index in [9.17, 15) is 19.2 Å². The molecule has 0 saturated carbocycles. The van der Waals surface area contributed by atoms with Gasteiger partial charge in [0.25, 0.3) is 5.56 Å². The highest BCUT2D eigenvalue weighted by molar-refractivity contribution is 6.02. The summed E-state index contributed by atoms with van der Waals surface area (Å²) in [7, 11) is 1.46. The summed E-state index contributed by atoms with van der Waals surface area (Å²) in [5, 5.41) is 0.487. The van der Waals surface area contributed by atoms with Gasteiger partial charge in [0.1, 0.15) is 17.0 Å². The second kappa shape index (κ2) is 8.97. The van der Waals surface area contributed by atoms with Gasteiger partial charge in [-0.1, -0.05) is 0 Å². The number of ether oxygens (including phenoxy) is 2. The number of benzene rings is 1. The maximum atomic E-state index is 13.5. The summed E-state index contributed by atoms with van der Waals surface area (Å²) in [5.41, 5.74) is -0.742. The van der Waals surface area contributed by atoms with Crippen LogP contribution in [0.4, 0.5) is 0 Å². The van der Waals surface area contributed by atoms with Gasteiger partial charge in [0.05, 0.1) is 30.7 Å². The van der Waals surface area contributed by atoms with Crippen LogP contribution >= 0.6 is 0 Å². The van der Waals surface area contributed by atoms with E-state index in [1.54, 1.807) is 32.0 Å². The fourth-order valence-electron chi connectivity index (χ4n) is 3.88. The topological polar surface area (TPSA) is 123 Å². The van der Waals surface area contributed by atoms with E-state index in [2.05, 4.69) is 4.98 Å². The molecular formula is C24H23N3O7. The highest BCUT2D eigenvalue weighted by atomic mass is 16.5. The summed E-state index contributed by atoms with van der Waals surface area (Å²) in [6, 6.07) is 7.63. The lowest BCUT2D eigenvalue weighted by molar-refractivity contribution is 0.0528. The van der Waals surface area contributed by atoms with Crippen LogP contribution in [-0.2, 0) is 18.3 Å². The zero-order valence-corrected chi connectivity index (χ0v) is 19.2. The highest BCUT2D eigenvalue weighted by Crippen LogP contribution is 2.24. The molecule has 0 amide bonds. The first-order valence-corrected chi connectivity index (χ1v) is 10.7. The molecule has 0 N–H and O–H groups in total. The molecule has 4 rings (SSSR count). The summed E-state index contributed by atoms with van der Waals surface area (Å²) in [4.78, 5) is 55.7. The van der Waals surface area contributed by atoms with Gasteiger partial charge in [-0.3, -0.25) is 13.9 Å². The summed E-state index contributed by atoms with van der Waals surface area (Å²) in [6.45, 7) is 5.48. The van der Waals surface area contributed by atoms with Crippen LogP contribution in [0.1, 0.15) is 35.5 Å². The summed E-state index contributed by atoms with van der Waals surface area (Å²) < 4.78 is 18.1. The predicted octanol–water partition coefficient (Wildman–Crippen LogP) is 2.13. The third-order valence-electron chi connectivity index (χ3n) is 5.36. The minimum atomic E-state index is -0.712. The molecule has 0 fully saturated rings. The van der Waals surface area contributed by atoms with Gasteiger partial charge in [0, 0.05) is 24.2 Å². The van der Waals surface area contributed by atoms with Gasteiger partial charge in [-0.25, -0.2) is 19.4 Å². The number of carbonyl (C=O) groups excluding carboxylic acids is 1. The Kier molecular flexibility index (Phi) is 6.06. The third-order valence-corrected chi connectivity index (χ3v) is 5.36. The molecule has 0 atom stereocenters. The normalized spacial score (nSPS) is 11.2. The average Bonchev–Trinajstić information content (AvgIpc) is 2.80. The van der Waals surface area contributed by atoms with Crippen molar-refractivity contribution in [1.82, 2.24) is 14.1 Å². The lowest BCUT2D eigenvalue weighted by Gasteiger charge is -2.14. The molecule has 0 aliphatic heterocycles. The van der Waals surface area contributed by atoms with Crippen molar-refractivity contribution in [1.29, 1.82) is 0 Å². The molecule has 0 unspecified atom stereocenters. The van der Waals surface area contributed by atoms with E-state index in [1.165, 1.54) is 23.7 Å². The molecule has 0 saturated heterocycles. The van der Waals surface area contributed by atoms with Crippen LogP contribution in [0.15, 0.2) is 49.1 Å². The minimum Gasteiger partial charge on any atom is -0.494 e. The van der Waals surface area contributed by atoms with Crippen molar-refractivity contribution in [2.45, 2.75) is 27.3 Å². The largest absolute Gasteiger partial charge is 0.494 e. The van der Waals surface area contributed by atoms with Crippen molar-refractivity contribution in [2.24, 2.45) is 7.05 Å². The Balaban J connectivity index is 2.00. The van der Waals surface area contributed by atoms with Crippen LogP contribution in [0.5, 0.6) is 5.75 Å². The number of esters is 1. The first-order valence-electron chi connectivity index (χ1n) is 10.7. The molecule has 0 spiro atoms. The molecule has 0 aliphatic carbocycles. The number of nitrogens with zero attached hydrogens (tertiary/aromatic N) is 3. The zero-order chi connectivity index (χ0) is 24.6. The van der Waals surface area contributed by atoms with Crippen molar-refractivity contribution in [3.05, 3.63) is 78.4 Å². The smallest absolute Gasteiger partial charge is 0.339 e. The number of aryl methyl sites for hydroxylation is 2. The monoisotopic (exact) mass is 465 g/mol. The second-order valence-corrected chi connectivity index (χ2v) is 7.64. The van der Waals surface area contributed by atoms with Crippen LogP contribution in [0.3, 0.4) is 0 Å². The van der Waals surface area contributed by atoms with E-state index in [0.29, 0.717) is 34.6 Å². The molecule has 0 aliphatic rings. The van der Waals surface area contributed by atoms with E-state index < -0.39 is 22.8 Å². The molecule has 3 aromatic heterocycles. The van der Waals surface area contributed by atoms with Crippen LogP contribution < -0.4 is 21.6 Å². The summed E-state index contributed by atoms with van der Waals surface area (Å²) >= 11 is 0. The molecule has 0 bridgehead atoms. The Morgan fingerprint density at radius 3 is 2.56 bits per heavy atom. The van der Waals surface area contributed by atoms with Crippen molar-refractivity contribution >= 4 is 28.0 Å². The number of pyridine rings is 1. The highest BCUT2D eigenvalue weighted by Gasteiger charge is 2.22. The molecule has 3 heterocycles. The van der Waals surface area contributed by atoms with Crippen molar-refractivity contribution < 1.29 is 18.7 Å². The van der Waals surface area contributed by atoms with Gasteiger partial charge < -0.3 is 13.9 Å². The molecule has 1 aromatic carbocycles. The molecule has 176 valence electrons. The Bertz CT molecular complexity index is 1610. The van der Waals surface area contributed by atoms with Gasteiger partial charge >= 0.3 is 17.3 Å². The van der Waals surface area contributed by atoms with Gasteiger partial charge in [0.15, 0.2) is 0 Å². The number of fused-ring (bicyclic) bond motifs is 2. The molecule has 10 heteroatoms. The van der Waals surface area contributed by atoms with Crippen LogP contribution in [0, 0.1) is 6.92 Å². The van der Waals surface area contributed by atoms with Crippen molar-refractivity contribution in [3.8, 4) is 5.75 Å². The average molecular weight is 465 g/mol. The summed E-state index contributed by atoms with van der Waals surface area (Å²) in [5.74, 6) is -0.138. The number of carbonyl (C=O) groups is 1. The SMILES string of the molecule is CCOC(=O)c1cc(C)nc2c1c(=O)n(Cc1cc(=O)oc3ccc(OCC)cc13)c(=O)n2C. The number of rotatable bonds is 6. The third kappa shape index (κ3) is 3.98. The van der Waals surface area contributed by atoms with Crippen LogP contribution in [-0.4, -0.2) is 33.3 Å². The van der Waals surface area contributed by atoms with Gasteiger partial charge in [0.2, 0.25) is 0 Å². The van der Waals surface area contributed by atoms with Gasteiger partial charge in [-0.05, 0) is 50.6 Å². The predicted molar refractivity (Wildman–Crippen MR) is 125 cm³/mol. The maximum Gasteiger partial charge on any atom is 0.339 e. The van der Waals surface area contributed by atoms with Crippen molar-refractivity contribution in [3.63, 3.8) is 0 Å². The minimum absolute atomic E-state index is 0.0229. The number of hydrogen-bond acceptors (Lipinski definition) is 8. The Morgan fingerprint density at radius 1 is 1.09 bits per heavy atom. The lowest BCUT2D eigenvalue weighted by Crippen LogP contribution is -2.40. The van der Waals surface area contributed by atoms with E-state index >= 15 is 0 Å². The number of hydrogen-bond donors (Lipinski definition) is 0. The van der Waals surface area contributed by atoms with Crippen LogP contribution in [0.25, 0.3) is 22.0 Å². The maximum absolute atomic E-state index is 13.5. The number of aromatic nitrogens is 3. The van der Waals surface area contributed by atoms with E-state index in [0.717, 1.165) is 4.57 Å². The standard InChI is InChI=1S/C24H23N3O7/c1-5-32-15-7-8-18-16(11-15)14(10-19(28)34-18)12-27-22(29)20-17(23(30)33-6-2)9-13(3)25-21(20)26(4)24(27)31/h7-11H,5-6,12H2,1-4H3. The van der Waals surface area contributed by atoms with E-state index in [4.69, 9.17) is 13.9 Å². The first kappa shape index (κ1) is 23.0. The first-order chi connectivity index (χ1) is 16.2. The molecule has 0 radical (unpaired) electrons. The summed E-state index contributed by atoms with van der Waals surface area (Å²) in [6.07, 6.45) is 0. The molecule has 4 aromatic rings. The molecule has 34 heavy (non-hydrogen) atoms. The Morgan fingerprint density at radius 2 is 1.85 bits per heavy atom. The Hall–Kier alpha value is -4.21. The fraction of sp³-hybridized carbons (Fsp3) is 0.292. The van der Waals surface area contributed by atoms with E-state index in [-0.39, 0.29) is 29.7 Å². The lowest BCUT2D eigenvalue weighted by atomic mass is 10.1. The Labute approximate surface area is 193 Å². The quantitative estimate of drug-likeness (QED) is 0.313. The van der Waals surface area contributed by atoms with Gasteiger partial charge in [-0.15, -0.1) is 0 Å². The van der Waals surface area contributed by atoms with Gasteiger partial charge in [-0.2, -0.15) is 0 Å². The van der Waals surface area contributed by atoms with Crippen LogP contribution in [0.2, 0.25) is 0 Å². The molecular weight excluding hydrogens is 442 g/mol. The van der Waals surface area contributed by atoms with E-state index in [1.807, 2.05) is 6.92 Å². The van der Waals surface area contributed by atoms with Crippen molar-refractivity contribution in [2.75, 3.05) is 13.2 Å².